The molecule has 0 aromatic heterocycles. The van der Waals surface area contributed by atoms with Gasteiger partial charge < -0.3 is 5.32 Å². The van der Waals surface area contributed by atoms with Crippen LogP contribution in [-0.4, -0.2) is 17.7 Å². The number of Topliss-reactive ketones (excluding diaryl/α,β-unsaturated/α-hetero) is 1. The van der Waals surface area contributed by atoms with Crippen molar-refractivity contribution >= 4 is 11.7 Å². The van der Waals surface area contributed by atoms with Crippen LogP contribution >= 0.6 is 0 Å². The topological polar surface area (TPSA) is 46.2 Å². The maximum atomic E-state index is 12.9. The Balaban J connectivity index is 0.00000109. The molecule has 3 aliphatic carbocycles. The van der Waals surface area contributed by atoms with Crippen molar-refractivity contribution in [3.05, 3.63) is 12.2 Å². The summed E-state index contributed by atoms with van der Waals surface area (Å²) in [4.78, 5) is 24.8. The van der Waals surface area contributed by atoms with Gasteiger partial charge in [-0.15, -0.1) is 0 Å². The van der Waals surface area contributed by atoms with Crippen LogP contribution in [0.3, 0.4) is 0 Å². The summed E-state index contributed by atoms with van der Waals surface area (Å²) in [5, 5.41) is 3.23. The van der Waals surface area contributed by atoms with E-state index in [0.717, 1.165) is 19.3 Å². The minimum Gasteiger partial charge on any atom is -0.349 e. The molecule has 3 heteroatoms. The smallest absolute Gasteiger partial charge is 0.243 e. The maximum Gasteiger partial charge on any atom is 0.243 e. The molecule has 0 saturated heterocycles. The van der Waals surface area contributed by atoms with Crippen molar-refractivity contribution in [2.45, 2.75) is 92.5 Å². The molecule has 7 atom stereocenters. The second-order valence-electron chi connectivity index (χ2n) is 10.5. The molecule has 6 unspecified atom stereocenters. The second-order valence-corrected chi connectivity index (χ2v) is 10.5. The largest absolute Gasteiger partial charge is 0.349 e. The van der Waals surface area contributed by atoms with Crippen molar-refractivity contribution in [2.75, 3.05) is 0 Å². The van der Waals surface area contributed by atoms with Gasteiger partial charge in [0, 0.05) is 23.8 Å². The number of nitrogens with one attached hydrogen (secondary N) is 1. The quantitative estimate of drug-likeness (QED) is 0.691. The number of ketones is 1. The minimum absolute atomic E-state index is 0.0757. The summed E-state index contributed by atoms with van der Waals surface area (Å²) < 4.78 is 0. The maximum absolute atomic E-state index is 12.9. The van der Waals surface area contributed by atoms with E-state index >= 15 is 0 Å². The van der Waals surface area contributed by atoms with Gasteiger partial charge in [0.05, 0.1) is 0 Å². The number of hydrogen-bond donors (Lipinski definition) is 1. The first-order valence-electron chi connectivity index (χ1n) is 11.8. The first kappa shape index (κ1) is 21.6. The Kier molecular flexibility index (Phi) is 6.13. The zero-order valence-corrected chi connectivity index (χ0v) is 18.9. The van der Waals surface area contributed by atoms with Crippen molar-refractivity contribution in [3.8, 4) is 0 Å². The van der Waals surface area contributed by atoms with E-state index in [1.54, 1.807) is 6.08 Å². The van der Waals surface area contributed by atoms with Gasteiger partial charge >= 0.3 is 0 Å². The van der Waals surface area contributed by atoms with E-state index in [1.165, 1.54) is 25.7 Å². The fraction of sp³-hybridized carbons (Fsp3) is 0.840. The predicted molar refractivity (Wildman–Crippen MR) is 115 cm³/mol. The van der Waals surface area contributed by atoms with Crippen LogP contribution in [0.4, 0.5) is 0 Å². The number of carbonyl (C=O) groups is 2. The van der Waals surface area contributed by atoms with Crippen LogP contribution in [0.1, 0.15) is 86.5 Å². The van der Waals surface area contributed by atoms with E-state index < -0.39 is 0 Å². The fourth-order valence-corrected chi connectivity index (χ4v) is 7.41. The average Bonchev–Trinajstić information content (AvgIpc) is 3.01. The van der Waals surface area contributed by atoms with Gasteiger partial charge in [-0.05, 0) is 73.7 Å². The van der Waals surface area contributed by atoms with Crippen LogP contribution in [0.15, 0.2) is 12.2 Å². The summed E-state index contributed by atoms with van der Waals surface area (Å²) in [6.07, 6.45) is 11.7. The lowest BCUT2D eigenvalue weighted by atomic mass is 9.47. The van der Waals surface area contributed by atoms with Gasteiger partial charge in [-0.1, -0.05) is 47.6 Å². The molecule has 1 amide bonds. The van der Waals surface area contributed by atoms with Crippen molar-refractivity contribution in [1.29, 1.82) is 0 Å². The molecule has 28 heavy (non-hydrogen) atoms. The molecule has 0 spiro atoms. The van der Waals surface area contributed by atoms with Crippen molar-refractivity contribution < 1.29 is 9.59 Å². The molecule has 1 N–H and O–H groups in total. The highest BCUT2D eigenvalue weighted by Crippen LogP contribution is 2.65. The Morgan fingerprint density at radius 3 is 2.50 bits per heavy atom. The molecule has 3 saturated carbocycles. The molecule has 1 aliphatic heterocycles. The normalized spacial score (nSPS) is 44.0. The van der Waals surface area contributed by atoms with Crippen LogP contribution in [0.5, 0.6) is 0 Å². The molecule has 0 aromatic rings. The van der Waals surface area contributed by atoms with E-state index in [2.05, 4.69) is 39.1 Å². The standard InChI is InChI=1S/C23H35NO2.C2H6/c1-14(2)13-19(25)18-7-6-16-15-5-8-20-23(4,12-10-21(26)24-20)17(15)9-11-22(16,18)3;1-2/h10,12,14-18,20H,5-9,11,13H2,1-4H3,(H,24,26);1-2H3/t15?,16?,17?,18?,20?,22-,23?;/m0./s1. The van der Waals surface area contributed by atoms with Crippen molar-refractivity contribution in [3.63, 3.8) is 0 Å². The monoisotopic (exact) mass is 387 g/mol. The molecule has 0 radical (unpaired) electrons. The SMILES string of the molecule is CC.CC(C)CC(=O)C1CCC2C3CCC4NC(=O)C=CC4(C)C3CC[C@]12C. The molecule has 0 bridgehead atoms. The van der Waals surface area contributed by atoms with Crippen LogP contribution < -0.4 is 5.32 Å². The van der Waals surface area contributed by atoms with Gasteiger partial charge in [0.15, 0.2) is 0 Å². The van der Waals surface area contributed by atoms with E-state index in [-0.39, 0.29) is 22.7 Å². The summed E-state index contributed by atoms with van der Waals surface area (Å²) in [5.41, 5.74) is 0.302. The fourth-order valence-electron chi connectivity index (χ4n) is 7.41. The molecule has 4 rings (SSSR count). The Bertz CT molecular complexity index is 638. The predicted octanol–water partition coefficient (Wildman–Crippen LogP) is 5.54. The average molecular weight is 388 g/mol. The summed E-state index contributed by atoms with van der Waals surface area (Å²) in [6, 6.07) is 0.297. The highest BCUT2D eigenvalue weighted by Gasteiger charge is 2.60. The Hall–Kier alpha value is -1.12. The van der Waals surface area contributed by atoms with Gasteiger partial charge in [-0.3, -0.25) is 9.59 Å². The van der Waals surface area contributed by atoms with Crippen LogP contribution in [0.25, 0.3) is 0 Å². The molecular weight excluding hydrogens is 346 g/mol. The van der Waals surface area contributed by atoms with E-state index in [4.69, 9.17) is 0 Å². The first-order valence-corrected chi connectivity index (χ1v) is 11.8. The van der Waals surface area contributed by atoms with Gasteiger partial charge in [-0.25, -0.2) is 0 Å². The number of carbonyl (C=O) groups excluding carboxylic acids is 2. The molecule has 158 valence electrons. The Morgan fingerprint density at radius 2 is 1.82 bits per heavy atom. The van der Waals surface area contributed by atoms with E-state index in [9.17, 15) is 9.59 Å². The van der Waals surface area contributed by atoms with E-state index in [1.807, 2.05) is 13.8 Å². The Labute approximate surface area is 172 Å². The molecule has 4 aliphatic rings. The lowest BCUT2D eigenvalue weighted by Gasteiger charge is -2.58. The van der Waals surface area contributed by atoms with Gasteiger partial charge in [0.25, 0.3) is 0 Å². The highest BCUT2D eigenvalue weighted by atomic mass is 16.1. The highest BCUT2D eigenvalue weighted by molar-refractivity contribution is 5.89. The minimum atomic E-state index is 0.0757. The third-order valence-corrected chi connectivity index (χ3v) is 8.68. The molecule has 3 nitrogen and oxygen atoms in total. The third kappa shape index (κ3) is 3.37. The van der Waals surface area contributed by atoms with Crippen LogP contribution in [-0.2, 0) is 9.59 Å². The molecule has 1 heterocycles. The second kappa shape index (κ2) is 7.95. The Morgan fingerprint density at radius 1 is 1.11 bits per heavy atom. The molecular formula is C25H41NO2. The third-order valence-electron chi connectivity index (χ3n) is 8.68. The summed E-state index contributed by atoms with van der Waals surface area (Å²) >= 11 is 0. The van der Waals surface area contributed by atoms with Crippen molar-refractivity contribution in [1.82, 2.24) is 5.32 Å². The van der Waals surface area contributed by atoms with Crippen LogP contribution in [0.2, 0.25) is 0 Å². The van der Waals surface area contributed by atoms with Crippen molar-refractivity contribution in [2.24, 2.45) is 40.4 Å². The van der Waals surface area contributed by atoms with Crippen LogP contribution in [0, 0.1) is 40.4 Å². The lowest BCUT2D eigenvalue weighted by molar-refractivity contribution is -0.132. The number of amides is 1. The number of fused-ring (bicyclic) bond motifs is 5. The lowest BCUT2D eigenvalue weighted by Crippen LogP contribution is -2.59. The number of hydrogen-bond acceptors (Lipinski definition) is 2. The zero-order chi connectivity index (χ0) is 20.7. The summed E-state index contributed by atoms with van der Waals surface area (Å²) in [6.45, 7) is 13.1. The van der Waals surface area contributed by atoms with Gasteiger partial charge in [0.1, 0.15) is 5.78 Å². The summed E-state index contributed by atoms with van der Waals surface area (Å²) in [7, 11) is 0. The van der Waals surface area contributed by atoms with Gasteiger partial charge in [-0.2, -0.15) is 0 Å². The molecule has 0 aromatic carbocycles. The molecule has 3 fully saturated rings. The van der Waals surface area contributed by atoms with Gasteiger partial charge in [0.2, 0.25) is 5.91 Å². The van der Waals surface area contributed by atoms with E-state index in [0.29, 0.717) is 35.5 Å². The number of rotatable bonds is 3. The first-order chi connectivity index (χ1) is 13.3. The zero-order valence-electron chi connectivity index (χ0n) is 18.9. The summed E-state index contributed by atoms with van der Waals surface area (Å²) in [5.74, 6) is 3.39.